The second kappa shape index (κ2) is 8.17. The standard InChI is InChI=1S/C22H25NO3/c1-15-10-16(2)12-19(11-15)23-21(24)14-17-8-9-18(13-17)22(25)26-20-6-4-3-5-7-20/h3-7,10-12,17-18H,8-9,13-14H2,1-2H3,(H,23,24). The molecule has 2 aromatic rings. The maximum absolute atomic E-state index is 12.3. The number of nitrogens with one attached hydrogen (secondary N) is 1. The summed E-state index contributed by atoms with van der Waals surface area (Å²) in [6, 6.07) is 15.2. The zero-order chi connectivity index (χ0) is 18.5. The maximum atomic E-state index is 12.3. The minimum absolute atomic E-state index is 0.0112. The Balaban J connectivity index is 1.49. The number of anilines is 1. The lowest BCUT2D eigenvalue weighted by molar-refractivity contribution is -0.138. The van der Waals surface area contributed by atoms with E-state index < -0.39 is 0 Å². The minimum Gasteiger partial charge on any atom is -0.426 e. The Morgan fingerprint density at radius 1 is 1.04 bits per heavy atom. The van der Waals surface area contributed by atoms with E-state index >= 15 is 0 Å². The fraction of sp³-hybridized carbons (Fsp3) is 0.364. The van der Waals surface area contributed by atoms with Gasteiger partial charge < -0.3 is 10.1 Å². The van der Waals surface area contributed by atoms with Crippen LogP contribution in [0, 0.1) is 25.7 Å². The second-order valence-corrected chi connectivity index (χ2v) is 7.24. The number of rotatable bonds is 5. The van der Waals surface area contributed by atoms with Crippen molar-refractivity contribution in [2.45, 2.75) is 39.5 Å². The molecule has 3 rings (SSSR count). The lowest BCUT2D eigenvalue weighted by Gasteiger charge is -2.12. The Morgan fingerprint density at radius 2 is 1.73 bits per heavy atom. The second-order valence-electron chi connectivity index (χ2n) is 7.24. The summed E-state index contributed by atoms with van der Waals surface area (Å²) >= 11 is 0. The van der Waals surface area contributed by atoms with E-state index in [1.54, 1.807) is 12.1 Å². The molecule has 1 N–H and O–H groups in total. The molecule has 4 nitrogen and oxygen atoms in total. The molecule has 0 aliphatic heterocycles. The van der Waals surface area contributed by atoms with E-state index in [0.29, 0.717) is 18.6 Å². The SMILES string of the molecule is Cc1cc(C)cc(NC(=O)CC2CCC(C(=O)Oc3ccccc3)C2)c1. The highest BCUT2D eigenvalue weighted by Crippen LogP contribution is 2.34. The summed E-state index contributed by atoms with van der Waals surface area (Å²) in [4.78, 5) is 24.6. The molecule has 2 aromatic carbocycles. The first-order valence-electron chi connectivity index (χ1n) is 9.14. The molecule has 4 heteroatoms. The van der Waals surface area contributed by atoms with Crippen molar-refractivity contribution in [1.82, 2.24) is 0 Å². The number of hydrogen-bond donors (Lipinski definition) is 1. The van der Waals surface area contributed by atoms with Gasteiger partial charge in [0.2, 0.25) is 5.91 Å². The van der Waals surface area contributed by atoms with Crippen molar-refractivity contribution < 1.29 is 14.3 Å². The van der Waals surface area contributed by atoms with Gasteiger partial charge in [-0.2, -0.15) is 0 Å². The molecule has 1 saturated carbocycles. The molecule has 1 fully saturated rings. The van der Waals surface area contributed by atoms with E-state index in [1.807, 2.05) is 44.2 Å². The summed E-state index contributed by atoms with van der Waals surface area (Å²) in [7, 11) is 0. The van der Waals surface area contributed by atoms with Crippen molar-refractivity contribution >= 4 is 17.6 Å². The molecule has 0 bridgehead atoms. The summed E-state index contributed by atoms with van der Waals surface area (Å²) < 4.78 is 5.43. The Morgan fingerprint density at radius 3 is 2.42 bits per heavy atom. The Hall–Kier alpha value is -2.62. The molecule has 1 aliphatic carbocycles. The molecule has 0 heterocycles. The molecule has 26 heavy (non-hydrogen) atoms. The van der Waals surface area contributed by atoms with Gasteiger partial charge in [-0.15, -0.1) is 0 Å². The molecule has 1 aliphatic rings. The van der Waals surface area contributed by atoms with Gasteiger partial charge in [0.1, 0.15) is 5.75 Å². The number of carbonyl (C=O) groups excluding carboxylic acids is 2. The molecular formula is C22H25NO3. The smallest absolute Gasteiger partial charge is 0.314 e. The predicted molar refractivity (Wildman–Crippen MR) is 102 cm³/mol. The number of amides is 1. The van der Waals surface area contributed by atoms with Gasteiger partial charge in [0.05, 0.1) is 5.92 Å². The number of ether oxygens (including phenoxy) is 1. The molecule has 136 valence electrons. The molecule has 0 spiro atoms. The van der Waals surface area contributed by atoms with Gasteiger partial charge >= 0.3 is 5.97 Å². The van der Waals surface area contributed by atoms with Crippen LogP contribution < -0.4 is 10.1 Å². The third-order valence-corrected chi connectivity index (χ3v) is 4.82. The molecule has 1 amide bonds. The summed E-state index contributed by atoms with van der Waals surface area (Å²) in [5.41, 5.74) is 3.10. The van der Waals surface area contributed by atoms with Crippen LogP contribution in [0.25, 0.3) is 0 Å². The average Bonchev–Trinajstić information content (AvgIpc) is 3.03. The highest BCUT2D eigenvalue weighted by molar-refractivity contribution is 5.91. The van der Waals surface area contributed by atoms with Crippen LogP contribution in [0.3, 0.4) is 0 Å². The molecular weight excluding hydrogens is 326 g/mol. The van der Waals surface area contributed by atoms with Gasteiger partial charge in [-0.3, -0.25) is 9.59 Å². The minimum atomic E-state index is -0.187. The van der Waals surface area contributed by atoms with Crippen LogP contribution >= 0.6 is 0 Å². The predicted octanol–water partition coefficient (Wildman–Crippen LogP) is 4.65. The zero-order valence-corrected chi connectivity index (χ0v) is 15.3. The van der Waals surface area contributed by atoms with E-state index in [2.05, 4.69) is 11.4 Å². The Bertz CT molecular complexity index is 765. The Labute approximate surface area is 154 Å². The first-order chi connectivity index (χ1) is 12.5. The molecule has 2 atom stereocenters. The lowest BCUT2D eigenvalue weighted by atomic mass is 10.0. The monoisotopic (exact) mass is 351 g/mol. The zero-order valence-electron chi connectivity index (χ0n) is 15.3. The fourth-order valence-corrected chi connectivity index (χ4v) is 3.68. The number of benzene rings is 2. The van der Waals surface area contributed by atoms with E-state index in [4.69, 9.17) is 4.74 Å². The quantitative estimate of drug-likeness (QED) is 0.630. The molecule has 0 radical (unpaired) electrons. The van der Waals surface area contributed by atoms with E-state index in [1.165, 1.54) is 0 Å². The van der Waals surface area contributed by atoms with Gasteiger partial charge in [0.25, 0.3) is 0 Å². The van der Waals surface area contributed by atoms with Crippen LogP contribution in [0.4, 0.5) is 5.69 Å². The van der Waals surface area contributed by atoms with Crippen LogP contribution in [0.1, 0.15) is 36.8 Å². The van der Waals surface area contributed by atoms with E-state index in [-0.39, 0.29) is 23.7 Å². The van der Waals surface area contributed by atoms with E-state index in [9.17, 15) is 9.59 Å². The van der Waals surface area contributed by atoms with Gasteiger partial charge in [-0.25, -0.2) is 0 Å². The number of para-hydroxylation sites is 1. The first-order valence-corrected chi connectivity index (χ1v) is 9.14. The van der Waals surface area contributed by atoms with Crippen LogP contribution in [0.2, 0.25) is 0 Å². The van der Waals surface area contributed by atoms with Crippen molar-refractivity contribution in [2.24, 2.45) is 11.8 Å². The van der Waals surface area contributed by atoms with Gasteiger partial charge in [-0.1, -0.05) is 24.3 Å². The van der Waals surface area contributed by atoms with Crippen LogP contribution in [-0.2, 0) is 9.59 Å². The number of hydrogen-bond acceptors (Lipinski definition) is 3. The normalized spacial score (nSPS) is 19.2. The van der Waals surface area contributed by atoms with Crippen molar-refractivity contribution in [2.75, 3.05) is 5.32 Å². The van der Waals surface area contributed by atoms with Crippen molar-refractivity contribution in [3.8, 4) is 5.75 Å². The van der Waals surface area contributed by atoms with Crippen molar-refractivity contribution in [1.29, 1.82) is 0 Å². The van der Waals surface area contributed by atoms with Crippen LogP contribution in [0.5, 0.6) is 5.75 Å². The van der Waals surface area contributed by atoms with Crippen LogP contribution in [-0.4, -0.2) is 11.9 Å². The van der Waals surface area contributed by atoms with Gasteiger partial charge in [0, 0.05) is 12.1 Å². The summed E-state index contributed by atoms with van der Waals surface area (Å²) in [6.07, 6.45) is 2.83. The van der Waals surface area contributed by atoms with Crippen LogP contribution in [0.15, 0.2) is 48.5 Å². The maximum Gasteiger partial charge on any atom is 0.314 e. The highest BCUT2D eigenvalue weighted by atomic mass is 16.5. The molecule has 0 aromatic heterocycles. The van der Waals surface area contributed by atoms with Gasteiger partial charge in [-0.05, 0) is 74.4 Å². The fourth-order valence-electron chi connectivity index (χ4n) is 3.68. The third kappa shape index (κ3) is 4.94. The van der Waals surface area contributed by atoms with Crippen molar-refractivity contribution in [3.05, 3.63) is 59.7 Å². The number of aryl methyl sites for hydroxylation is 2. The number of carbonyl (C=O) groups is 2. The summed E-state index contributed by atoms with van der Waals surface area (Å²) in [5, 5.41) is 2.98. The number of esters is 1. The highest BCUT2D eigenvalue weighted by Gasteiger charge is 2.32. The summed E-state index contributed by atoms with van der Waals surface area (Å²) in [5.74, 6) is 0.516. The topological polar surface area (TPSA) is 55.4 Å². The third-order valence-electron chi connectivity index (χ3n) is 4.82. The van der Waals surface area contributed by atoms with Gasteiger partial charge in [0.15, 0.2) is 0 Å². The Kier molecular flexibility index (Phi) is 5.71. The van der Waals surface area contributed by atoms with E-state index in [0.717, 1.165) is 29.7 Å². The first kappa shape index (κ1) is 18.2. The molecule has 2 unspecified atom stereocenters. The van der Waals surface area contributed by atoms with Crippen molar-refractivity contribution in [3.63, 3.8) is 0 Å². The summed E-state index contributed by atoms with van der Waals surface area (Å²) in [6.45, 7) is 4.03. The largest absolute Gasteiger partial charge is 0.426 e. The molecule has 0 saturated heterocycles. The average molecular weight is 351 g/mol. The lowest BCUT2D eigenvalue weighted by Crippen LogP contribution is -2.19.